The molecule has 3 rings (SSSR count). The molecule has 16 heteroatoms. The summed E-state index contributed by atoms with van der Waals surface area (Å²) in [6, 6.07) is 4.52. The smallest absolute Gasteiger partial charge is 0.498 e. The average Bonchev–Trinajstić information content (AvgIpc) is 3.25. The van der Waals surface area contributed by atoms with Gasteiger partial charge in [0.2, 0.25) is 11.8 Å². The first-order valence-electron chi connectivity index (χ1n) is 16.3. The van der Waals surface area contributed by atoms with E-state index in [9.17, 15) is 24.3 Å². The minimum absolute atomic E-state index is 0.0998. The number of nitrogens with one attached hydrogen (secondary N) is 2. The van der Waals surface area contributed by atoms with Gasteiger partial charge in [-0.15, -0.1) is 0 Å². The molecule has 1 fully saturated rings. The Hall–Kier alpha value is -3.77. The molecule has 1 heterocycles. The van der Waals surface area contributed by atoms with Crippen LogP contribution in [0.4, 0.5) is 4.79 Å². The van der Waals surface area contributed by atoms with Gasteiger partial charge in [-0.3, -0.25) is 14.5 Å². The Labute approximate surface area is 313 Å². The molecule has 1 aliphatic rings. The molecule has 0 aromatic heterocycles. The van der Waals surface area contributed by atoms with E-state index in [0.29, 0.717) is 25.9 Å². The third kappa shape index (κ3) is 9.97. The highest BCUT2D eigenvalue weighted by molar-refractivity contribution is 14.1. The fraction of sp³-hybridized carbons (Fsp3) is 0.543. The van der Waals surface area contributed by atoms with Crippen LogP contribution in [-0.2, 0) is 39.6 Å². The highest BCUT2D eigenvalue weighted by atomic mass is 127. The van der Waals surface area contributed by atoms with Crippen LogP contribution in [0, 0.1) is 3.57 Å². The zero-order valence-electron chi connectivity index (χ0n) is 31.3. The maximum atomic E-state index is 13.8. The van der Waals surface area contributed by atoms with Crippen LogP contribution in [0.25, 0.3) is 0 Å². The van der Waals surface area contributed by atoms with Crippen LogP contribution < -0.4 is 25.6 Å². The third-order valence-electron chi connectivity index (χ3n) is 8.67. The summed E-state index contributed by atoms with van der Waals surface area (Å²) in [4.78, 5) is 54.5. The number of nitrogens with zero attached hydrogens (tertiary/aromatic N) is 1. The second kappa shape index (κ2) is 16.3. The van der Waals surface area contributed by atoms with Gasteiger partial charge < -0.3 is 44.0 Å². The number of hydrogen-bond donors (Lipinski definition) is 3. The number of esters is 1. The van der Waals surface area contributed by atoms with Crippen molar-refractivity contribution in [1.82, 2.24) is 15.5 Å². The lowest BCUT2D eigenvalue weighted by atomic mass is 9.77. The zero-order chi connectivity index (χ0) is 38.6. The molecule has 0 unspecified atom stereocenters. The second-order valence-corrected chi connectivity index (χ2v) is 15.4. The molecule has 3 N–H and O–H groups in total. The molecule has 3 amide bonds. The number of rotatable bonds is 12. The molecular formula is C35H49BIN3O11. The van der Waals surface area contributed by atoms with Crippen molar-refractivity contribution in [3.8, 4) is 17.2 Å². The van der Waals surface area contributed by atoms with Gasteiger partial charge in [-0.25, -0.2) is 9.59 Å². The lowest BCUT2D eigenvalue weighted by Gasteiger charge is -2.32. The summed E-state index contributed by atoms with van der Waals surface area (Å²) < 4.78 is 34.4. The Bertz CT molecular complexity index is 1610. The Balaban J connectivity index is 1.87. The van der Waals surface area contributed by atoms with E-state index in [1.807, 2.05) is 27.7 Å². The van der Waals surface area contributed by atoms with E-state index >= 15 is 0 Å². The Kier molecular flexibility index (Phi) is 13.3. The SMILES string of the molecule is COC(=O)[C@H](Cc1cc(O)c(OC)c(B2OC(C)(C)C(C)(C)O2)c1)NC(=O)[C@H](C)NC(=O)[C@H](c1ccc(OC)c(I)c1)N(C)C(=O)OC(C)(C)C. The second-order valence-electron chi connectivity index (χ2n) is 14.2. The number of methoxy groups -OCH3 is 3. The van der Waals surface area contributed by atoms with Crippen LogP contribution in [0.3, 0.4) is 0 Å². The molecule has 51 heavy (non-hydrogen) atoms. The number of hydrogen-bond acceptors (Lipinski definition) is 11. The first kappa shape index (κ1) is 41.7. The van der Waals surface area contributed by atoms with Crippen LogP contribution in [0.1, 0.15) is 72.6 Å². The van der Waals surface area contributed by atoms with Gasteiger partial charge in [0.05, 0.1) is 36.1 Å². The van der Waals surface area contributed by atoms with Crippen molar-refractivity contribution in [2.45, 2.75) is 96.7 Å². The molecule has 3 atom stereocenters. The zero-order valence-corrected chi connectivity index (χ0v) is 33.4. The molecule has 0 spiro atoms. The van der Waals surface area contributed by atoms with Crippen molar-refractivity contribution in [3.05, 3.63) is 45.0 Å². The van der Waals surface area contributed by atoms with Gasteiger partial charge in [0.25, 0.3) is 0 Å². The predicted molar refractivity (Wildman–Crippen MR) is 198 cm³/mol. The minimum Gasteiger partial charge on any atom is -0.504 e. The van der Waals surface area contributed by atoms with Gasteiger partial charge in [-0.1, -0.05) is 12.1 Å². The maximum Gasteiger partial charge on any atom is 0.498 e. The number of amides is 3. The number of phenols is 1. The van der Waals surface area contributed by atoms with E-state index in [1.165, 1.54) is 41.4 Å². The fourth-order valence-electron chi connectivity index (χ4n) is 5.25. The fourth-order valence-corrected chi connectivity index (χ4v) is 6.01. The summed E-state index contributed by atoms with van der Waals surface area (Å²) in [5.74, 6) is -1.63. The van der Waals surface area contributed by atoms with Crippen LogP contribution in [0.15, 0.2) is 30.3 Å². The van der Waals surface area contributed by atoms with E-state index in [-0.39, 0.29) is 17.9 Å². The van der Waals surface area contributed by atoms with Crippen molar-refractivity contribution >= 4 is 59.0 Å². The summed E-state index contributed by atoms with van der Waals surface area (Å²) in [5, 5.41) is 16.2. The number of benzene rings is 2. The first-order valence-corrected chi connectivity index (χ1v) is 17.4. The Morgan fingerprint density at radius 3 is 2.08 bits per heavy atom. The van der Waals surface area contributed by atoms with Crippen LogP contribution in [0.2, 0.25) is 0 Å². The molecule has 280 valence electrons. The predicted octanol–water partition coefficient (Wildman–Crippen LogP) is 3.63. The molecule has 0 bridgehead atoms. The molecule has 1 aliphatic heterocycles. The molecule has 0 saturated carbocycles. The van der Waals surface area contributed by atoms with Crippen LogP contribution >= 0.6 is 22.6 Å². The summed E-state index contributed by atoms with van der Waals surface area (Å²) in [5.41, 5.74) is -0.895. The topological polar surface area (TPSA) is 171 Å². The number of halogens is 1. The molecule has 0 aliphatic carbocycles. The van der Waals surface area contributed by atoms with E-state index in [4.69, 9.17) is 28.3 Å². The number of ether oxygens (including phenoxy) is 4. The van der Waals surface area contributed by atoms with Gasteiger partial charge in [-0.2, -0.15) is 0 Å². The van der Waals surface area contributed by atoms with Gasteiger partial charge in [0.1, 0.15) is 29.5 Å². The summed E-state index contributed by atoms with van der Waals surface area (Å²) in [6.45, 7) is 14.1. The van der Waals surface area contributed by atoms with E-state index in [0.717, 1.165) is 4.90 Å². The average molecular weight is 826 g/mol. The highest BCUT2D eigenvalue weighted by Crippen LogP contribution is 2.38. The van der Waals surface area contributed by atoms with E-state index in [1.54, 1.807) is 45.0 Å². The van der Waals surface area contributed by atoms with Gasteiger partial charge in [-0.05, 0) is 107 Å². The highest BCUT2D eigenvalue weighted by Gasteiger charge is 2.53. The number of carbonyl (C=O) groups excluding carboxylic acids is 4. The number of likely N-dealkylation sites (N-methyl/N-ethyl adjacent to an activating group) is 1. The molecule has 2 aromatic carbocycles. The summed E-state index contributed by atoms with van der Waals surface area (Å²) >= 11 is 2.06. The lowest BCUT2D eigenvalue weighted by molar-refractivity contribution is -0.145. The summed E-state index contributed by atoms with van der Waals surface area (Å²) in [6.07, 6.45) is -0.851. The Morgan fingerprint density at radius 2 is 1.57 bits per heavy atom. The van der Waals surface area contributed by atoms with Crippen LogP contribution in [0.5, 0.6) is 17.2 Å². The molecule has 0 radical (unpaired) electrons. The van der Waals surface area contributed by atoms with Gasteiger partial charge in [0, 0.05) is 18.9 Å². The van der Waals surface area contributed by atoms with Crippen LogP contribution in [-0.4, -0.2) is 98.3 Å². The monoisotopic (exact) mass is 825 g/mol. The number of aromatic hydroxyl groups is 1. The van der Waals surface area contributed by atoms with Gasteiger partial charge in [0.15, 0.2) is 11.5 Å². The van der Waals surface area contributed by atoms with Gasteiger partial charge >= 0.3 is 19.2 Å². The minimum atomic E-state index is -1.22. The lowest BCUT2D eigenvalue weighted by Crippen LogP contribution is -2.53. The Morgan fingerprint density at radius 1 is 0.961 bits per heavy atom. The molecule has 1 saturated heterocycles. The quantitative estimate of drug-likeness (QED) is 0.162. The number of carbonyl (C=O) groups is 4. The van der Waals surface area contributed by atoms with Crippen molar-refractivity contribution in [2.75, 3.05) is 28.4 Å². The molecule has 14 nitrogen and oxygen atoms in total. The van der Waals surface area contributed by atoms with E-state index < -0.39 is 65.9 Å². The maximum absolute atomic E-state index is 13.8. The molecular weight excluding hydrogens is 776 g/mol. The summed E-state index contributed by atoms with van der Waals surface area (Å²) in [7, 11) is 4.64. The molecule has 2 aromatic rings. The van der Waals surface area contributed by atoms with E-state index in [2.05, 4.69) is 33.2 Å². The first-order chi connectivity index (χ1) is 23.5. The third-order valence-corrected chi connectivity index (χ3v) is 9.51. The number of phenolic OH excluding ortho intramolecular Hbond substituents is 1. The van der Waals surface area contributed by atoms with Crippen molar-refractivity contribution < 1.29 is 52.5 Å². The standard InChI is InChI=1S/C35H49BIN3O11/c1-19(38-30(43)27(40(9)32(45)49-33(2,3)4)21-13-14-26(46-10)23(37)18-21)29(42)39-24(31(44)48-12)16-20-15-22(28(47-11)25(41)17-20)36-50-34(5,6)35(7,8)51-36/h13-15,17-19,24,27,41H,16H2,1-12H3,(H,38,43)(H,39,42)/t19-,24-,27-/m0/s1. The van der Waals surface area contributed by atoms with Crippen molar-refractivity contribution in [3.63, 3.8) is 0 Å². The largest absolute Gasteiger partial charge is 0.504 e. The van der Waals surface area contributed by atoms with Crippen molar-refractivity contribution in [1.29, 1.82) is 0 Å². The van der Waals surface area contributed by atoms with Crippen molar-refractivity contribution in [2.24, 2.45) is 0 Å². The normalized spacial score (nSPS) is 16.7.